The SMILES string of the molecule is CC(CN=C(N)N(C)C1CC1)CN1CCOCC1.I. The van der Waals surface area contributed by atoms with Crippen LogP contribution in [0.1, 0.15) is 19.8 Å². The van der Waals surface area contributed by atoms with Crippen molar-refractivity contribution in [3.63, 3.8) is 0 Å². The van der Waals surface area contributed by atoms with Crippen LogP contribution in [0.2, 0.25) is 0 Å². The van der Waals surface area contributed by atoms with Gasteiger partial charge in [-0.1, -0.05) is 6.92 Å². The number of aliphatic imine (C=N–C) groups is 1. The first-order chi connectivity index (χ1) is 8.66. The van der Waals surface area contributed by atoms with Crippen molar-refractivity contribution in [1.82, 2.24) is 9.80 Å². The molecule has 1 heterocycles. The molecule has 0 aromatic heterocycles. The number of guanidine groups is 1. The van der Waals surface area contributed by atoms with Crippen molar-refractivity contribution in [2.24, 2.45) is 16.6 Å². The summed E-state index contributed by atoms with van der Waals surface area (Å²) in [7, 11) is 2.04. The highest BCUT2D eigenvalue weighted by Crippen LogP contribution is 2.24. The summed E-state index contributed by atoms with van der Waals surface area (Å²) >= 11 is 0. The van der Waals surface area contributed by atoms with Gasteiger partial charge in [0.1, 0.15) is 0 Å². The number of halogens is 1. The number of ether oxygens (including phenoxy) is 1. The van der Waals surface area contributed by atoms with E-state index in [9.17, 15) is 0 Å². The van der Waals surface area contributed by atoms with Crippen LogP contribution in [-0.2, 0) is 4.74 Å². The first-order valence-electron chi connectivity index (χ1n) is 6.99. The lowest BCUT2D eigenvalue weighted by Gasteiger charge is -2.28. The molecule has 2 N–H and O–H groups in total. The molecule has 1 unspecified atom stereocenters. The van der Waals surface area contributed by atoms with Crippen molar-refractivity contribution in [2.45, 2.75) is 25.8 Å². The molecule has 0 amide bonds. The number of hydrogen-bond acceptors (Lipinski definition) is 3. The van der Waals surface area contributed by atoms with Crippen molar-refractivity contribution >= 4 is 29.9 Å². The van der Waals surface area contributed by atoms with Crippen LogP contribution in [0.25, 0.3) is 0 Å². The van der Waals surface area contributed by atoms with Crippen LogP contribution < -0.4 is 5.73 Å². The molecule has 0 aromatic carbocycles. The molecular weight excluding hydrogens is 355 g/mol. The lowest BCUT2D eigenvalue weighted by molar-refractivity contribution is 0.0323. The minimum Gasteiger partial charge on any atom is -0.379 e. The van der Waals surface area contributed by atoms with Gasteiger partial charge in [0.05, 0.1) is 13.2 Å². The Morgan fingerprint density at radius 3 is 2.63 bits per heavy atom. The maximum Gasteiger partial charge on any atom is 0.191 e. The Balaban J connectivity index is 0.00000180. The molecule has 1 aliphatic heterocycles. The third-order valence-corrected chi connectivity index (χ3v) is 3.69. The Morgan fingerprint density at radius 1 is 1.42 bits per heavy atom. The number of nitrogens with two attached hydrogens (primary N) is 1. The van der Waals surface area contributed by atoms with E-state index in [0.717, 1.165) is 39.4 Å². The number of rotatable bonds is 5. The molecule has 1 saturated heterocycles. The van der Waals surface area contributed by atoms with Gasteiger partial charge in [0.15, 0.2) is 5.96 Å². The van der Waals surface area contributed by atoms with E-state index in [-0.39, 0.29) is 24.0 Å². The first kappa shape index (κ1) is 17.0. The summed E-state index contributed by atoms with van der Waals surface area (Å²) in [6.45, 7) is 7.97. The molecule has 6 heteroatoms. The first-order valence-corrected chi connectivity index (χ1v) is 6.99. The standard InChI is InChI=1S/C13H26N4O.HI/c1-11(10-17-5-7-18-8-6-17)9-15-13(14)16(2)12-3-4-12;/h11-12H,3-10H2,1-2H3,(H2,14,15);1H. The van der Waals surface area contributed by atoms with E-state index >= 15 is 0 Å². The zero-order valence-electron chi connectivity index (χ0n) is 12.0. The van der Waals surface area contributed by atoms with Gasteiger partial charge in [0.2, 0.25) is 0 Å². The van der Waals surface area contributed by atoms with Gasteiger partial charge in [0, 0.05) is 39.3 Å². The molecule has 2 fully saturated rings. The fourth-order valence-corrected chi connectivity index (χ4v) is 2.29. The van der Waals surface area contributed by atoms with Gasteiger partial charge in [-0.05, 0) is 18.8 Å². The van der Waals surface area contributed by atoms with Crippen LogP contribution in [0, 0.1) is 5.92 Å². The van der Waals surface area contributed by atoms with Gasteiger partial charge < -0.3 is 15.4 Å². The maximum absolute atomic E-state index is 5.98. The van der Waals surface area contributed by atoms with Crippen molar-refractivity contribution in [2.75, 3.05) is 46.4 Å². The van der Waals surface area contributed by atoms with Gasteiger partial charge >= 0.3 is 0 Å². The molecule has 1 atom stereocenters. The summed E-state index contributed by atoms with van der Waals surface area (Å²) in [5, 5.41) is 0. The average Bonchev–Trinajstić information content (AvgIpc) is 3.20. The Labute approximate surface area is 133 Å². The van der Waals surface area contributed by atoms with Crippen LogP contribution in [0.15, 0.2) is 4.99 Å². The molecule has 2 aliphatic rings. The van der Waals surface area contributed by atoms with E-state index < -0.39 is 0 Å². The van der Waals surface area contributed by atoms with E-state index in [1.54, 1.807) is 0 Å². The van der Waals surface area contributed by atoms with Crippen molar-refractivity contribution in [3.05, 3.63) is 0 Å². The van der Waals surface area contributed by atoms with Crippen molar-refractivity contribution in [1.29, 1.82) is 0 Å². The largest absolute Gasteiger partial charge is 0.379 e. The van der Waals surface area contributed by atoms with Gasteiger partial charge in [-0.25, -0.2) is 0 Å². The van der Waals surface area contributed by atoms with Crippen LogP contribution in [0.3, 0.4) is 0 Å². The zero-order chi connectivity index (χ0) is 13.0. The molecule has 0 bridgehead atoms. The predicted molar refractivity (Wildman–Crippen MR) is 89.1 cm³/mol. The van der Waals surface area contributed by atoms with Gasteiger partial charge in [0.25, 0.3) is 0 Å². The fourth-order valence-electron chi connectivity index (χ4n) is 2.29. The molecule has 0 aromatic rings. The van der Waals surface area contributed by atoms with Gasteiger partial charge in [-0.3, -0.25) is 9.89 Å². The average molecular weight is 382 g/mol. The van der Waals surface area contributed by atoms with E-state index in [0.29, 0.717) is 17.9 Å². The molecule has 0 spiro atoms. The van der Waals surface area contributed by atoms with E-state index in [1.807, 2.05) is 7.05 Å². The molecule has 2 rings (SSSR count). The monoisotopic (exact) mass is 382 g/mol. The maximum atomic E-state index is 5.98. The van der Waals surface area contributed by atoms with Gasteiger partial charge in [-0.15, -0.1) is 24.0 Å². The molecule has 5 nitrogen and oxygen atoms in total. The number of nitrogens with zero attached hydrogens (tertiary/aromatic N) is 3. The lowest BCUT2D eigenvalue weighted by Crippen LogP contribution is -2.40. The van der Waals surface area contributed by atoms with Crippen molar-refractivity contribution in [3.8, 4) is 0 Å². The van der Waals surface area contributed by atoms with Crippen LogP contribution in [0.5, 0.6) is 0 Å². The topological polar surface area (TPSA) is 54.1 Å². The lowest BCUT2D eigenvalue weighted by atomic mass is 10.1. The minimum atomic E-state index is 0. The summed E-state index contributed by atoms with van der Waals surface area (Å²) in [6, 6.07) is 0.642. The smallest absolute Gasteiger partial charge is 0.191 e. The summed E-state index contributed by atoms with van der Waals surface area (Å²) in [4.78, 5) is 9.07. The highest BCUT2D eigenvalue weighted by Gasteiger charge is 2.27. The molecule has 0 radical (unpaired) electrons. The second-order valence-corrected chi connectivity index (χ2v) is 5.56. The molecule has 1 saturated carbocycles. The third kappa shape index (κ3) is 5.83. The quantitative estimate of drug-likeness (QED) is 0.438. The molecule has 1 aliphatic carbocycles. The summed E-state index contributed by atoms with van der Waals surface area (Å²) in [5.41, 5.74) is 5.98. The summed E-state index contributed by atoms with van der Waals surface area (Å²) in [6.07, 6.45) is 2.52. The fraction of sp³-hybridized carbons (Fsp3) is 0.923. The Hall–Kier alpha value is -0.0800. The number of morpholine rings is 1. The van der Waals surface area contributed by atoms with Crippen molar-refractivity contribution < 1.29 is 4.74 Å². The van der Waals surface area contributed by atoms with Crippen LogP contribution in [-0.4, -0.2) is 68.2 Å². The Bertz CT molecular complexity index is 290. The summed E-state index contributed by atoms with van der Waals surface area (Å²) in [5.74, 6) is 1.25. The molecular formula is C13H27IN4O. The Kier molecular flexibility index (Phi) is 7.38. The third-order valence-electron chi connectivity index (χ3n) is 3.69. The highest BCUT2D eigenvalue weighted by atomic mass is 127. The minimum absolute atomic E-state index is 0. The molecule has 19 heavy (non-hydrogen) atoms. The second kappa shape index (κ2) is 8.26. The van der Waals surface area contributed by atoms with Crippen LogP contribution >= 0.6 is 24.0 Å². The normalized spacial score (nSPS) is 22.7. The van der Waals surface area contributed by atoms with E-state index in [1.165, 1.54) is 12.8 Å². The van der Waals surface area contributed by atoms with Crippen LogP contribution in [0.4, 0.5) is 0 Å². The zero-order valence-corrected chi connectivity index (χ0v) is 14.4. The number of hydrogen-bond donors (Lipinski definition) is 1. The molecule has 112 valence electrons. The Morgan fingerprint density at radius 2 is 2.05 bits per heavy atom. The second-order valence-electron chi connectivity index (χ2n) is 5.56. The van der Waals surface area contributed by atoms with E-state index in [4.69, 9.17) is 10.5 Å². The predicted octanol–water partition coefficient (Wildman–Crippen LogP) is 0.982. The highest BCUT2D eigenvalue weighted by molar-refractivity contribution is 14.0. The summed E-state index contributed by atoms with van der Waals surface area (Å²) < 4.78 is 5.35. The van der Waals surface area contributed by atoms with E-state index in [2.05, 4.69) is 21.7 Å². The van der Waals surface area contributed by atoms with Gasteiger partial charge in [-0.2, -0.15) is 0 Å².